The van der Waals surface area contributed by atoms with Crippen molar-refractivity contribution in [2.45, 2.75) is 0 Å². The zero-order valence-electron chi connectivity index (χ0n) is 10.3. The Morgan fingerprint density at radius 2 is 1.75 bits per heavy atom. The molecule has 0 aliphatic carbocycles. The summed E-state index contributed by atoms with van der Waals surface area (Å²) < 4.78 is 0. The van der Waals surface area contributed by atoms with Crippen molar-refractivity contribution < 1.29 is 29.6 Å². The predicted molar refractivity (Wildman–Crippen MR) is 69.6 cm³/mol. The quantitative estimate of drug-likeness (QED) is 0.580. The Hall–Kier alpha value is -1.05. The fraction of sp³-hybridized carbons (Fsp3) is 0. The predicted octanol–water partition coefficient (Wildman–Crippen LogP) is -0.736. The monoisotopic (exact) mass is 314 g/mol. The summed E-state index contributed by atoms with van der Waals surface area (Å²) in [4.78, 5) is 8.25. The molecule has 0 amide bonds. The molecule has 6 nitrogen and oxygen atoms in total. The van der Waals surface area contributed by atoms with E-state index in [9.17, 15) is 0 Å². The van der Waals surface area contributed by atoms with E-state index in [-0.39, 0.29) is 29.6 Å². The number of rotatable bonds is 2. The molecular weight excluding hydrogens is 310 g/mol. The molecular formula is C11H5Cl2N6Na. The smallest absolute Gasteiger partial charge is 0.329 e. The second-order valence-corrected chi connectivity index (χ2v) is 4.43. The van der Waals surface area contributed by atoms with Gasteiger partial charge in [-0.25, -0.2) is 9.97 Å². The summed E-state index contributed by atoms with van der Waals surface area (Å²) >= 11 is 11.9. The molecule has 3 aromatic rings. The van der Waals surface area contributed by atoms with Gasteiger partial charge in [0.2, 0.25) is 0 Å². The van der Waals surface area contributed by atoms with E-state index in [1.54, 1.807) is 18.2 Å². The molecule has 1 aromatic carbocycles. The van der Waals surface area contributed by atoms with Crippen LogP contribution in [0.3, 0.4) is 0 Å². The minimum absolute atomic E-state index is 0. The first kappa shape index (κ1) is 15.3. The Balaban J connectivity index is 0.00000147. The van der Waals surface area contributed by atoms with Gasteiger partial charge in [-0.3, -0.25) is 10.3 Å². The van der Waals surface area contributed by atoms with E-state index in [4.69, 9.17) is 23.2 Å². The van der Waals surface area contributed by atoms with Crippen molar-refractivity contribution >= 4 is 23.2 Å². The van der Waals surface area contributed by atoms with E-state index >= 15 is 0 Å². The van der Waals surface area contributed by atoms with E-state index in [0.717, 1.165) is 5.56 Å². The van der Waals surface area contributed by atoms with Crippen molar-refractivity contribution in [2.24, 2.45) is 0 Å². The first-order valence-electron chi connectivity index (χ1n) is 5.20. The third kappa shape index (κ3) is 3.16. The molecule has 2 aromatic heterocycles. The molecule has 2 heterocycles. The Labute approximate surface area is 146 Å². The molecule has 3 rings (SSSR count). The van der Waals surface area contributed by atoms with Crippen LogP contribution in [0.1, 0.15) is 0 Å². The second-order valence-electron chi connectivity index (χ2n) is 3.62. The Morgan fingerprint density at radius 1 is 0.950 bits per heavy atom. The normalized spacial score (nSPS) is 10.1. The molecule has 0 bridgehead atoms. The van der Waals surface area contributed by atoms with Crippen molar-refractivity contribution in [1.29, 1.82) is 0 Å². The molecule has 0 aliphatic rings. The van der Waals surface area contributed by atoms with E-state index in [1.165, 1.54) is 6.33 Å². The third-order valence-corrected chi connectivity index (χ3v) is 3.17. The van der Waals surface area contributed by atoms with Crippen molar-refractivity contribution in [1.82, 2.24) is 30.6 Å². The second kappa shape index (κ2) is 6.60. The van der Waals surface area contributed by atoms with Gasteiger partial charge >= 0.3 is 29.6 Å². The maximum atomic E-state index is 5.98. The molecule has 0 saturated carbocycles. The summed E-state index contributed by atoms with van der Waals surface area (Å²) in [7, 11) is 0. The summed E-state index contributed by atoms with van der Waals surface area (Å²) in [5.41, 5.74) is 2.06. The van der Waals surface area contributed by atoms with Crippen molar-refractivity contribution in [3.8, 4) is 22.8 Å². The van der Waals surface area contributed by atoms with Gasteiger partial charge in [0, 0.05) is 5.56 Å². The van der Waals surface area contributed by atoms with Gasteiger partial charge in [0.1, 0.15) is 6.33 Å². The number of hydrogen-bond donors (Lipinski definition) is 0. The molecule has 9 heteroatoms. The zero-order valence-corrected chi connectivity index (χ0v) is 13.8. The van der Waals surface area contributed by atoms with E-state index in [2.05, 4.69) is 30.6 Å². The van der Waals surface area contributed by atoms with Gasteiger partial charge in [0.25, 0.3) is 0 Å². The largest absolute Gasteiger partial charge is 1.00 e. The van der Waals surface area contributed by atoms with Crippen molar-refractivity contribution in [2.75, 3.05) is 0 Å². The van der Waals surface area contributed by atoms with Crippen LogP contribution < -0.4 is 34.7 Å². The fourth-order valence-electron chi connectivity index (χ4n) is 1.54. The van der Waals surface area contributed by atoms with E-state index < -0.39 is 0 Å². The molecule has 0 atom stereocenters. The fourth-order valence-corrected chi connectivity index (χ4v) is 1.84. The number of nitrogens with zero attached hydrogens (tertiary/aromatic N) is 6. The maximum Gasteiger partial charge on any atom is 1.00 e. The summed E-state index contributed by atoms with van der Waals surface area (Å²) in [5, 5.41) is 15.3. The first-order valence-corrected chi connectivity index (χ1v) is 5.96. The van der Waals surface area contributed by atoms with Gasteiger partial charge in [0.05, 0.1) is 27.3 Å². The van der Waals surface area contributed by atoms with Crippen LogP contribution in [0, 0.1) is 0 Å². The minimum Gasteiger partial charge on any atom is -0.329 e. The van der Waals surface area contributed by atoms with Crippen LogP contribution in [0.15, 0.2) is 30.6 Å². The summed E-state index contributed by atoms with van der Waals surface area (Å²) in [5.74, 6) is 0.351. The van der Waals surface area contributed by atoms with Crippen LogP contribution in [-0.2, 0) is 0 Å². The molecule has 0 spiro atoms. The van der Waals surface area contributed by atoms with Crippen LogP contribution in [0.5, 0.6) is 0 Å². The SMILES string of the molecule is Clc1ccc(-c2cc(-c3nnn[n-]3)ncn2)cc1Cl.[Na+]. The summed E-state index contributed by atoms with van der Waals surface area (Å²) in [6.45, 7) is 0. The Morgan fingerprint density at radius 3 is 2.45 bits per heavy atom. The van der Waals surface area contributed by atoms with Crippen molar-refractivity contribution in [3.63, 3.8) is 0 Å². The van der Waals surface area contributed by atoms with Gasteiger partial charge < -0.3 is 5.10 Å². The van der Waals surface area contributed by atoms with Crippen LogP contribution in [0.4, 0.5) is 0 Å². The topological polar surface area (TPSA) is 78.5 Å². The average molecular weight is 315 g/mol. The van der Waals surface area contributed by atoms with E-state index in [1.807, 2.05) is 6.07 Å². The van der Waals surface area contributed by atoms with E-state index in [0.29, 0.717) is 27.3 Å². The molecule has 0 aliphatic heterocycles. The number of aromatic nitrogens is 6. The average Bonchev–Trinajstić information content (AvgIpc) is 2.96. The number of tetrazole rings is 1. The summed E-state index contributed by atoms with van der Waals surface area (Å²) in [6, 6.07) is 7.00. The van der Waals surface area contributed by atoms with Crippen LogP contribution >= 0.6 is 23.2 Å². The molecule has 0 N–H and O–H groups in total. The Bertz CT molecular complexity index is 719. The number of halogens is 2. The van der Waals surface area contributed by atoms with Gasteiger partial charge in [-0.2, -0.15) is 5.21 Å². The van der Waals surface area contributed by atoms with Crippen molar-refractivity contribution in [3.05, 3.63) is 40.6 Å². The van der Waals surface area contributed by atoms with Gasteiger partial charge in [0.15, 0.2) is 0 Å². The summed E-state index contributed by atoms with van der Waals surface area (Å²) in [6.07, 6.45) is 1.42. The zero-order chi connectivity index (χ0) is 13.2. The molecule has 0 unspecified atom stereocenters. The molecule has 0 fully saturated rings. The molecule has 20 heavy (non-hydrogen) atoms. The van der Waals surface area contributed by atoms with Gasteiger partial charge in [-0.1, -0.05) is 29.3 Å². The number of benzene rings is 1. The number of hydrogen-bond acceptors (Lipinski definition) is 5. The first-order chi connectivity index (χ1) is 9.24. The van der Waals surface area contributed by atoms with Crippen LogP contribution in [0.2, 0.25) is 10.0 Å². The van der Waals surface area contributed by atoms with Gasteiger partial charge in [-0.15, -0.1) is 0 Å². The molecule has 0 saturated heterocycles. The van der Waals surface area contributed by atoms with Crippen LogP contribution in [-0.4, -0.2) is 25.5 Å². The molecule has 94 valence electrons. The molecule has 0 radical (unpaired) electrons. The van der Waals surface area contributed by atoms with Gasteiger partial charge in [-0.05, 0) is 18.2 Å². The third-order valence-electron chi connectivity index (χ3n) is 2.43. The Kier molecular flexibility index (Phi) is 5.06. The van der Waals surface area contributed by atoms with Crippen LogP contribution in [0.25, 0.3) is 22.8 Å². The standard InChI is InChI=1S/C11H5Cl2N6.Na/c12-7-2-1-6(3-8(7)13)9-4-10(15-5-14-9)11-16-18-19-17-11;/h1-5H;/q-1;+1. The maximum absolute atomic E-state index is 5.98. The minimum atomic E-state index is 0.